The molecule has 1 N–H and O–H groups in total. The van der Waals surface area contributed by atoms with Gasteiger partial charge >= 0.3 is 5.97 Å². The monoisotopic (exact) mass is 464 g/mol. The van der Waals surface area contributed by atoms with Crippen LogP contribution in [0.25, 0.3) is 0 Å². The van der Waals surface area contributed by atoms with Gasteiger partial charge in [-0.15, -0.1) is 0 Å². The third kappa shape index (κ3) is 8.44. The van der Waals surface area contributed by atoms with Crippen LogP contribution in [0, 0.1) is 11.8 Å². The number of rotatable bonds is 13. The van der Waals surface area contributed by atoms with Gasteiger partial charge in [0, 0.05) is 24.9 Å². The van der Waals surface area contributed by atoms with Crippen LogP contribution in [0.4, 0.5) is 0 Å². The van der Waals surface area contributed by atoms with Crippen molar-refractivity contribution in [2.24, 2.45) is 11.8 Å². The molecule has 2 aliphatic carbocycles. The first-order chi connectivity index (χ1) is 15.0. The molecule has 0 spiro atoms. The Bertz CT molecular complexity index is 641. The molecular weight excluding hydrogens is 416 g/mol. The number of allylic oxidation sites excluding steroid dienone is 2. The van der Waals surface area contributed by atoms with Crippen molar-refractivity contribution < 1.29 is 19.1 Å². The van der Waals surface area contributed by atoms with E-state index in [1.165, 1.54) is 37.7 Å². The summed E-state index contributed by atoms with van der Waals surface area (Å²) < 4.78 is 6.99. The van der Waals surface area contributed by atoms with E-state index in [1.807, 2.05) is 0 Å². The lowest BCUT2D eigenvalue weighted by molar-refractivity contribution is -0.137. The van der Waals surface area contributed by atoms with E-state index in [4.69, 9.17) is 9.53 Å². The highest BCUT2D eigenvalue weighted by Gasteiger charge is 2.41. The van der Waals surface area contributed by atoms with E-state index in [0.29, 0.717) is 24.2 Å². The van der Waals surface area contributed by atoms with Crippen molar-refractivity contribution in [3.8, 4) is 0 Å². The number of aliphatic carboxylic acids is 1. The van der Waals surface area contributed by atoms with Gasteiger partial charge in [-0.25, -0.2) is 0 Å². The molecule has 0 aromatic rings. The molecule has 1 saturated carbocycles. The maximum Gasteiger partial charge on any atom is 0.303 e. The fraction of sp³-hybridized carbons (Fsp3) is 0.852. The highest BCUT2D eigenvalue weighted by molar-refractivity contribution is 6.74. The lowest BCUT2D eigenvalue weighted by atomic mass is 9.82. The number of hydrogen-bond acceptors (Lipinski definition) is 3. The molecule has 4 nitrogen and oxygen atoms in total. The molecule has 5 heteroatoms. The molecule has 1 fully saturated rings. The van der Waals surface area contributed by atoms with Crippen LogP contribution in [0.5, 0.6) is 0 Å². The van der Waals surface area contributed by atoms with E-state index >= 15 is 0 Å². The number of Topliss-reactive ketones (excluding diaryl/α,β-unsaturated/α-hetero) is 1. The topological polar surface area (TPSA) is 63.6 Å². The number of hydrogen-bond donors (Lipinski definition) is 1. The number of unbranched alkanes of at least 4 members (excludes halogenated alkanes) is 3. The minimum Gasteiger partial charge on any atom is -0.481 e. The van der Waals surface area contributed by atoms with Gasteiger partial charge in [0.05, 0.1) is 0 Å². The minimum atomic E-state index is -1.83. The van der Waals surface area contributed by atoms with Gasteiger partial charge in [-0.1, -0.05) is 70.9 Å². The van der Waals surface area contributed by atoms with Crippen molar-refractivity contribution in [1.29, 1.82) is 0 Å². The predicted octanol–water partition coefficient (Wildman–Crippen LogP) is 7.68. The van der Waals surface area contributed by atoms with Crippen LogP contribution < -0.4 is 0 Å². The third-order valence-electron chi connectivity index (χ3n) is 8.18. The number of carbonyl (C=O) groups is 2. The van der Waals surface area contributed by atoms with Gasteiger partial charge in [-0.3, -0.25) is 9.59 Å². The summed E-state index contributed by atoms with van der Waals surface area (Å²) in [5, 5.41) is 8.98. The Morgan fingerprint density at radius 1 is 1.12 bits per heavy atom. The molecule has 2 atom stereocenters. The van der Waals surface area contributed by atoms with Gasteiger partial charge in [-0.05, 0) is 62.6 Å². The van der Waals surface area contributed by atoms with E-state index in [2.05, 4.69) is 39.9 Å². The molecule has 32 heavy (non-hydrogen) atoms. The Labute approximate surface area is 197 Å². The first-order valence-electron chi connectivity index (χ1n) is 13.1. The number of carboxylic acids is 1. The first-order valence-corrected chi connectivity index (χ1v) is 16.0. The number of carbonyl (C=O) groups excluding carboxylic acids is 1. The molecule has 2 aliphatic rings. The van der Waals surface area contributed by atoms with E-state index < -0.39 is 14.3 Å². The van der Waals surface area contributed by atoms with Crippen molar-refractivity contribution in [2.45, 2.75) is 135 Å². The second-order valence-electron chi connectivity index (χ2n) is 11.7. The Kier molecular flexibility index (Phi) is 10.7. The quantitative estimate of drug-likeness (QED) is 0.172. The first kappa shape index (κ1) is 27.3. The van der Waals surface area contributed by atoms with Gasteiger partial charge in [-0.2, -0.15) is 0 Å². The normalized spacial score (nSPS) is 21.6. The summed E-state index contributed by atoms with van der Waals surface area (Å²) in [4.78, 5) is 23.2. The molecule has 0 amide bonds. The highest BCUT2D eigenvalue weighted by Crippen LogP contribution is 2.41. The molecule has 0 radical (unpaired) electrons. The Morgan fingerprint density at radius 3 is 2.41 bits per heavy atom. The Morgan fingerprint density at radius 2 is 1.78 bits per heavy atom. The number of ketones is 1. The van der Waals surface area contributed by atoms with Crippen molar-refractivity contribution in [3.05, 3.63) is 11.6 Å². The van der Waals surface area contributed by atoms with Crippen molar-refractivity contribution in [3.63, 3.8) is 0 Å². The van der Waals surface area contributed by atoms with E-state index in [1.54, 1.807) is 0 Å². The van der Waals surface area contributed by atoms with Crippen molar-refractivity contribution in [2.75, 3.05) is 0 Å². The highest BCUT2D eigenvalue weighted by atomic mass is 28.4. The van der Waals surface area contributed by atoms with Gasteiger partial charge < -0.3 is 9.53 Å². The fourth-order valence-corrected chi connectivity index (χ4v) is 6.51. The van der Waals surface area contributed by atoms with Crippen LogP contribution in [-0.4, -0.2) is 31.3 Å². The summed E-state index contributed by atoms with van der Waals surface area (Å²) in [6.45, 7) is 11.7. The zero-order chi connectivity index (χ0) is 23.8. The smallest absolute Gasteiger partial charge is 0.303 e. The molecule has 1 unspecified atom stereocenters. The molecular formula is C27H48O4Si. The lowest BCUT2D eigenvalue weighted by Crippen LogP contribution is -2.46. The van der Waals surface area contributed by atoms with Gasteiger partial charge in [0.15, 0.2) is 8.32 Å². The van der Waals surface area contributed by atoms with E-state index in [9.17, 15) is 9.59 Å². The molecule has 0 aliphatic heterocycles. The maximum atomic E-state index is 12.5. The van der Waals surface area contributed by atoms with E-state index in [-0.39, 0.29) is 17.4 Å². The predicted molar refractivity (Wildman–Crippen MR) is 134 cm³/mol. The van der Waals surface area contributed by atoms with Crippen molar-refractivity contribution >= 4 is 20.1 Å². The largest absolute Gasteiger partial charge is 0.481 e. The van der Waals surface area contributed by atoms with Gasteiger partial charge in [0.2, 0.25) is 0 Å². The van der Waals surface area contributed by atoms with Gasteiger partial charge in [0.25, 0.3) is 0 Å². The second-order valence-corrected chi connectivity index (χ2v) is 16.5. The number of carboxylic acid groups (broad SMARTS) is 1. The van der Waals surface area contributed by atoms with Crippen LogP contribution >= 0.6 is 0 Å². The third-order valence-corrected chi connectivity index (χ3v) is 12.7. The summed E-state index contributed by atoms with van der Waals surface area (Å²) in [5.41, 5.74) is 1.35. The lowest BCUT2D eigenvalue weighted by Gasteiger charge is -2.42. The molecule has 0 saturated heterocycles. The average Bonchev–Trinajstić information content (AvgIpc) is 3.07. The van der Waals surface area contributed by atoms with Crippen LogP contribution in [-0.2, 0) is 14.0 Å². The Balaban J connectivity index is 1.91. The zero-order valence-electron chi connectivity index (χ0n) is 21.4. The van der Waals surface area contributed by atoms with Gasteiger partial charge in [0.1, 0.15) is 5.78 Å². The zero-order valence-corrected chi connectivity index (χ0v) is 22.4. The molecule has 2 rings (SSSR count). The minimum absolute atomic E-state index is 0.0920. The van der Waals surface area contributed by atoms with Crippen LogP contribution in [0.3, 0.4) is 0 Å². The van der Waals surface area contributed by atoms with Crippen LogP contribution in [0.15, 0.2) is 11.6 Å². The summed E-state index contributed by atoms with van der Waals surface area (Å²) in [6.07, 6.45) is 16.6. The second kappa shape index (κ2) is 12.5. The summed E-state index contributed by atoms with van der Waals surface area (Å²) in [5.74, 6) is 0.427. The SMILES string of the molecule is CC(C)(C)[Si](C)(C)OC(CCC1=CCC(=O)[C@@H]1CCCCCCC(=O)O)C1CCCCC1. The molecule has 0 heterocycles. The van der Waals surface area contributed by atoms with E-state index in [0.717, 1.165) is 44.9 Å². The Hall–Kier alpha value is -0.943. The molecule has 184 valence electrons. The summed E-state index contributed by atoms with van der Waals surface area (Å²) in [6, 6.07) is 0. The fourth-order valence-electron chi connectivity index (χ4n) is 5.08. The van der Waals surface area contributed by atoms with Crippen LogP contribution in [0.2, 0.25) is 18.1 Å². The maximum absolute atomic E-state index is 12.5. The summed E-state index contributed by atoms with van der Waals surface area (Å²) in [7, 11) is -1.83. The molecule has 0 bridgehead atoms. The van der Waals surface area contributed by atoms with Crippen LogP contribution in [0.1, 0.15) is 111 Å². The summed E-state index contributed by atoms with van der Waals surface area (Å²) >= 11 is 0. The molecule has 0 aromatic carbocycles. The van der Waals surface area contributed by atoms with Crippen molar-refractivity contribution in [1.82, 2.24) is 0 Å². The average molecular weight is 465 g/mol. The standard InChI is InChI=1S/C27H48O4Si/c1-27(2,3)32(4,5)31-25(22-13-9-8-10-14-22)20-18-21-17-19-24(28)23(21)15-11-6-7-12-16-26(29)30/h17,22-23,25H,6-16,18-20H2,1-5H3,(H,29,30)/t23-,25?/m1/s1. The molecule has 0 aromatic heterocycles.